The number of carbonyl (C=O) groups excluding carboxylic acids is 1. The Morgan fingerprint density at radius 1 is 1.46 bits per heavy atom. The van der Waals surface area contributed by atoms with Gasteiger partial charge in [0.1, 0.15) is 0 Å². The second kappa shape index (κ2) is 8.01. The molecule has 1 unspecified atom stereocenters. The molecule has 0 amide bonds. The molecule has 0 bridgehead atoms. The summed E-state index contributed by atoms with van der Waals surface area (Å²) in [5.74, 6) is -0.358. The molecule has 0 rings (SSSR count). The Morgan fingerprint density at radius 3 is 2.69 bits per heavy atom. The topological polar surface area (TPSA) is 47.6 Å². The fourth-order valence-corrected chi connectivity index (χ4v) is 1.03. The summed E-state index contributed by atoms with van der Waals surface area (Å²) in [5, 5.41) is 3.05. The molecule has 1 atom stereocenters. The summed E-state index contributed by atoms with van der Waals surface area (Å²) in [6.45, 7) is 2.84. The van der Waals surface area contributed by atoms with Crippen LogP contribution in [0.1, 0.15) is 26.2 Å². The summed E-state index contributed by atoms with van der Waals surface area (Å²) in [6.07, 6.45) is 2.96. The molecule has 0 aliphatic carbocycles. The van der Waals surface area contributed by atoms with Gasteiger partial charge in [-0.15, -0.1) is 0 Å². The summed E-state index contributed by atoms with van der Waals surface area (Å²) in [6, 6.07) is 0. The zero-order valence-corrected chi connectivity index (χ0v) is 8.63. The van der Waals surface area contributed by atoms with Gasteiger partial charge < -0.3 is 5.32 Å². The molecule has 1 N–H and O–H groups in total. The zero-order valence-electron chi connectivity index (χ0n) is 8.63. The molecule has 0 saturated carbocycles. The van der Waals surface area contributed by atoms with Gasteiger partial charge in [-0.3, -0.25) is 4.89 Å². The molecule has 0 aromatic rings. The van der Waals surface area contributed by atoms with Crippen LogP contribution in [-0.4, -0.2) is 26.7 Å². The normalized spacial score (nSPS) is 12.5. The average molecular weight is 189 g/mol. The van der Waals surface area contributed by atoms with Crippen molar-refractivity contribution in [3.63, 3.8) is 0 Å². The van der Waals surface area contributed by atoms with Gasteiger partial charge in [0.2, 0.25) is 0 Å². The van der Waals surface area contributed by atoms with Gasteiger partial charge in [-0.2, -0.15) is 4.89 Å². The quantitative estimate of drug-likeness (QED) is 0.370. The van der Waals surface area contributed by atoms with Crippen molar-refractivity contribution < 1.29 is 14.6 Å². The Kier molecular flexibility index (Phi) is 7.63. The zero-order chi connectivity index (χ0) is 10.1. The molecule has 0 fully saturated rings. The highest BCUT2D eigenvalue weighted by Gasteiger charge is 2.14. The van der Waals surface area contributed by atoms with E-state index in [1.54, 1.807) is 0 Å². The number of hydrogen-bond donors (Lipinski definition) is 1. The SMILES string of the molecule is CNCCCCC(C)C(=O)OOC. The van der Waals surface area contributed by atoms with Crippen LogP contribution in [0.5, 0.6) is 0 Å². The molecular formula is C9H19NO3. The fraction of sp³-hybridized carbons (Fsp3) is 0.889. The first-order valence-corrected chi connectivity index (χ1v) is 4.61. The molecule has 0 aliphatic rings. The second-order valence-corrected chi connectivity index (χ2v) is 3.07. The first-order valence-electron chi connectivity index (χ1n) is 4.61. The maximum absolute atomic E-state index is 11.0. The first kappa shape index (κ1) is 12.4. The molecular weight excluding hydrogens is 170 g/mol. The average Bonchev–Trinajstić information content (AvgIpc) is 2.12. The minimum Gasteiger partial charge on any atom is -0.320 e. The Labute approximate surface area is 79.5 Å². The molecule has 0 saturated heterocycles. The Morgan fingerprint density at radius 2 is 2.15 bits per heavy atom. The maximum atomic E-state index is 11.0. The minimum absolute atomic E-state index is 0.0724. The number of carbonyl (C=O) groups is 1. The van der Waals surface area contributed by atoms with Crippen molar-refractivity contribution in [1.29, 1.82) is 0 Å². The fourth-order valence-electron chi connectivity index (χ4n) is 1.03. The highest BCUT2D eigenvalue weighted by Crippen LogP contribution is 2.09. The molecule has 4 heteroatoms. The standard InChI is InChI=1S/C9H19NO3/c1-8(9(11)13-12-3)6-4-5-7-10-2/h8,10H,4-7H2,1-3H3. The van der Waals surface area contributed by atoms with Crippen molar-refractivity contribution >= 4 is 5.97 Å². The van der Waals surface area contributed by atoms with Gasteiger partial charge in [0.05, 0.1) is 13.0 Å². The van der Waals surface area contributed by atoms with Gasteiger partial charge in [-0.05, 0) is 26.4 Å². The number of rotatable bonds is 7. The van der Waals surface area contributed by atoms with Crippen LogP contribution < -0.4 is 5.32 Å². The highest BCUT2D eigenvalue weighted by molar-refractivity contribution is 5.71. The molecule has 0 aliphatic heterocycles. The van der Waals surface area contributed by atoms with Crippen LogP contribution in [-0.2, 0) is 14.6 Å². The Hall–Kier alpha value is -0.610. The van der Waals surface area contributed by atoms with Crippen LogP contribution in [0, 0.1) is 5.92 Å². The van der Waals surface area contributed by atoms with Crippen molar-refractivity contribution in [3.8, 4) is 0 Å². The van der Waals surface area contributed by atoms with Crippen molar-refractivity contribution in [2.45, 2.75) is 26.2 Å². The maximum Gasteiger partial charge on any atom is 0.345 e. The molecule has 78 valence electrons. The van der Waals surface area contributed by atoms with Crippen LogP contribution in [0.3, 0.4) is 0 Å². The predicted molar refractivity (Wildman–Crippen MR) is 50.0 cm³/mol. The van der Waals surface area contributed by atoms with E-state index >= 15 is 0 Å². The smallest absolute Gasteiger partial charge is 0.320 e. The lowest BCUT2D eigenvalue weighted by atomic mass is 10.0. The van der Waals surface area contributed by atoms with Gasteiger partial charge in [0.15, 0.2) is 0 Å². The van der Waals surface area contributed by atoms with Crippen LogP contribution in [0.15, 0.2) is 0 Å². The van der Waals surface area contributed by atoms with E-state index in [9.17, 15) is 4.79 Å². The van der Waals surface area contributed by atoms with Crippen LogP contribution in [0.2, 0.25) is 0 Å². The molecule has 0 aromatic heterocycles. The van der Waals surface area contributed by atoms with Gasteiger partial charge in [0, 0.05) is 0 Å². The lowest BCUT2D eigenvalue weighted by Gasteiger charge is -2.07. The summed E-state index contributed by atoms with van der Waals surface area (Å²) >= 11 is 0. The van der Waals surface area contributed by atoms with Crippen LogP contribution in [0.25, 0.3) is 0 Å². The monoisotopic (exact) mass is 189 g/mol. The van der Waals surface area contributed by atoms with E-state index in [-0.39, 0.29) is 11.9 Å². The van der Waals surface area contributed by atoms with Crippen LogP contribution in [0.4, 0.5) is 0 Å². The van der Waals surface area contributed by atoms with Crippen molar-refractivity contribution in [3.05, 3.63) is 0 Å². The predicted octanol–water partition coefficient (Wildman–Crippen LogP) is 1.12. The van der Waals surface area contributed by atoms with Crippen LogP contribution >= 0.6 is 0 Å². The molecule has 4 nitrogen and oxygen atoms in total. The minimum atomic E-state index is -0.285. The third-order valence-corrected chi connectivity index (χ3v) is 1.88. The number of unbranched alkanes of at least 4 members (excludes halogenated alkanes) is 1. The second-order valence-electron chi connectivity index (χ2n) is 3.07. The molecule has 0 spiro atoms. The van der Waals surface area contributed by atoms with E-state index < -0.39 is 0 Å². The van der Waals surface area contributed by atoms with E-state index in [0.29, 0.717) is 0 Å². The summed E-state index contributed by atoms with van der Waals surface area (Å²) in [7, 11) is 3.26. The van der Waals surface area contributed by atoms with E-state index in [4.69, 9.17) is 0 Å². The highest BCUT2D eigenvalue weighted by atomic mass is 17.2. The van der Waals surface area contributed by atoms with Gasteiger partial charge in [0.25, 0.3) is 0 Å². The van der Waals surface area contributed by atoms with Gasteiger partial charge in [-0.1, -0.05) is 13.3 Å². The molecule has 13 heavy (non-hydrogen) atoms. The number of nitrogens with one attached hydrogen (secondary N) is 1. The van der Waals surface area contributed by atoms with Gasteiger partial charge in [-0.25, -0.2) is 4.79 Å². The van der Waals surface area contributed by atoms with Crippen molar-refractivity contribution in [2.75, 3.05) is 20.7 Å². The van der Waals surface area contributed by atoms with E-state index in [2.05, 4.69) is 15.1 Å². The number of hydrogen-bond acceptors (Lipinski definition) is 4. The summed E-state index contributed by atoms with van der Waals surface area (Å²) in [5.41, 5.74) is 0. The summed E-state index contributed by atoms with van der Waals surface area (Å²) in [4.78, 5) is 19.7. The Bertz CT molecular complexity index is 139. The van der Waals surface area contributed by atoms with Crippen molar-refractivity contribution in [2.24, 2.45) is 5.92 Å². The molecule has 0 radical (unpaired) electrons. The third-order valence-electron chi connectivity index (χ3n) is 1.88. The molecule has 0 aromatic carbocycles. The Balaban J connectivity index is 3.38. The van der Waals surface area contributed by atoms with Crippen molar-refractivity contribution in [1.82, 2.24) is 5.32 Å². The summed E-state index contributed by atoms with van der Waals surface area (Å²) < 4.78 is 0. The lowest BCUT2D eigenvalue weighted by Crippen LogP contribution is -2.15. The molecule has 0 heterocycles. The van der Waals surface area contributed by atoms with E-state index in [1.807, 2.05) is 14.0 Å². The van der Waals surface area contributed by atoms with E-state index in [0.717, 1.165) is 25.8 Å². The first-order chi connectivity index (χ1) is 6.22. The lowest BCUT2D eigenvalue weighted by molar-refractivity contribution is -0.258. The van der Waals surface area contributed by atoms with E-state index in [1.165, 1.54) is 7.11 Å². The third kappa shape index (κ3) is 6.54. The van der Waals surface area contributed by atoms with Gasteiger partial charge >= 0.3 is 5.97 Å². The largest absolute Gasteiger partial charge is 0.345 e.